The highest BCUT2D eigenvalue weighted by molar-refractivity contribution is 5.60. The fraction of sp³-hybridized carbons (Fsp3) is 0.167. The maximum Gasteiger partial charge on any atom is 0.153 e. The van der Waals surface area contributed by atoms with Gasteiger partial charge in [-0.1, -0.05) is 18.2 Å². The molecule has 1 atom stereocenters. The van der Waals surface area contributed by atoms with Crippen molar-refractivity contribution < 1.29 is 4.74 Å². The number of hydrogen-bond acceptors (Lipinski definition) is 5. The average Bonchev–Trinajstić information content (AvgIpc) is 2.76. The second-order valence-corrected chi connectivity index (χ2v) is 3.87. The Labute approximate surface area is 98.7 Å². The van der Waals surface area contributed by atoms with E-state index in [2.05, 4.69) is 15.3 Å². The number of rotatable bonds is 2. The molecule has 17 heavy (non-hydrogen) atoms. The number of aromatic nitrogens is 2. The number of nitrogen functional groups attached to an aromatic ring is 1. The van der Waals surface area contributed by atoms with Crippen LogP contribution in [0.2, 0.25) is 0 Å². The Bertz CT molecular complexity index is 544. The van der Waals surface area contributed by atoms with Crippen LogP contribution in [0.3, 0.4) is 0 Å². The standard InChI is InChI=1S/C12H12N4O/c13-9-5-14-7-15-12(9)16-10-6-17-11-4-2-1-3-8(10)11/h1-5,7,10H,6,13H2,(H,14,15,16). The van der Waals surface area contributed by atoms with Gasteiger partial charge in [0.25, 0.3) is 0 Å². The summed E-state index contributed by atoms with van der Waals surface area (Å²) in [6.45, 7) is 0.586. The van der Waals surface area contributed by atoms with Crippen LogP contribution in [0.15, 0.2) is 36.8 Å². The number of fused-ring (bicyclic) bond motifs is 1. The molecule has 1 aromatic carbocycles. The molecule has 0 bridgehead atoms. The first-order valence-corrected chi connectivity index (χ1v) is 5.38. The largest absolute Gasteiger partial charge is 0.491 e. The third-order valence-corrected chi connectivity index (χ3v) is 2.75. The molecule has 0 saturated carbocycles. The Morgan fingerprint density at radius 2 is 2.24 bits per heavy atom. The minimum absolute atomic E-state index is 0.0865. The molecule has 2 heterocycles. The van der Waals surface area contributed by atoms with Gasteiger partial charge in [0.15, 0.2) is 5.82 Å². The van der Waals surface area contributed by atoms with Gasteiger partial charge in [0, 0.05) is 5.56 Å². The number of ether oxygens (including phenoxy) is 1. The van der Waals surface area contributed by atoms with E-state index in [1.807, 2.05) is 24.3 Å². The van der Waals surface area contributed by atoms with Crippen LogP contribution in [0.1, 0.15) is 11.6 Å². The summed E-state index contributed by atoms with van der Waals surface area (Å²) < 4.78 is 5.58. The van der Waals surface area contributed by atoms with Crippen LogP contribution >= 0.6 is 0 Å². The fourth-order valence-corrected chi connectivity index (χ4v) is 1.91. The molecule has 2 aromatic rings. The number of benzene rings is 1. The number of hydrogen-bond donors (Lipinski definition) is 2. The van der Waals surface area contributed by atoms with E-state index in [0.29, 0.717) is 18.1 Å². The summed E-state index contributed by atoms with van der Waals surface area (Å²) >= 11 is 0. The maximum atomic E-state index is 5.79. The molecule has 5 nitrogen and oxygen atoms in total. The van der Waals surface area contributed by atoms with Crippen molar-refractivity contribution in [3.63, 3.8) is 0 Å². The molecular formula is C12H12N4O. The predicted octanol–water partition coefficient (Wildman–Crippen LogP) is 1.60. The van der Waals surface area contributed by atoms with Gasteiger partial charge in [0.2, 0.25) is 0 Å². The van der Waals surface area contributed by atoms with Crippen LogP contribution in [0.4, 0.5) is 11.5 Å². The number of nitrogens with zero attached hydrogens (tertiary/aromatic N) is 2. The van der Waals surface area contributed by atoms with Gasteiger partial charge in [-0.3, -0.25) is 0 Å². The van der Waals surface area contributed by atoms with Crippen molar-refractivity contribution in [2.75, 3.05) is 17.7 Å². The zero-order valence-corrected chi connectivity index (χ0v) is 9.13. The second kappa shape index (κ2) is 3.93. The number of anilines is 2. The van der Waals surface area contributed by atoms with Gasteiger partial charge in [-0.05, 0) is 6.07 Å². The van der Waals surface area contributed by atoms with Gasteiger partial charge < -0.3 is 15.8 Å². The van der Waals surface area contributed by atoms with Crippen LogP contribution in [-0.4, -0.2) is 16.6 Å². The lowest BCUT2D eigenvalue weighted by Gasteiger charge is -2.13. The Balaban J connectivity index is 1.87. The average molecular weight is 228 g/mol. The third-order valence-electron chi connectivity index (χ3n) is 2.75. The van der Waals surface area contributed by atoms with Crippen LogP contribution in [-0.2, 0) is 0 Å². The Kier molecular flexibility index (Phi) is 2.29. The lowest BCUT2D eigenvalue weighted by atomic mass is 10.1. The minimum Gasteiger partial charge on any atom is -0.491 e. The molecule has 3 N–H and O–H groups in total. The summed E-state index contributed by atoms with van der Waals surface area (Å²) in [5.74, 6) is 1.56. The van der Waals surface area contributed by atoms with Crippen molar-refractivity contribution in [3.8, 4) is 5.75 Å². The number of nitrogens with two attached hydrogens (primary N) is 1. The van der Waals surface area contributed by atoms with Gasteiger partial charge >= 0.3 is 0 Å². The van der Waals surface area contributed by atoms with Crippen molar-refractivity contribution in [2.24, 2.45) is 0 Å². The van der Waals surface area contributed by atoms with E-state index in [4.69, 9.17) is 10.5 Å². The zero-order chi connectivity index (χ0) is 11.7. The first kappa shape index (κ1) is 9.89. The molecule has 1 unspecified atom stereocenters. The number of nitrogens with one attached hydrogen (secondary N) is 1. The zero-order valence-electron chi connectivity index (χ0n) is 9.13. The van der Waals surface area contributed by atoms with E-state index in [1.54, 1.807) is 6.20 Å². The smallest absolute Gasteiger partial charge is 0.153 e. The molecule has 0 saturated heterocycles. The highest BCUT2D eigenvalue weighted by Gasteiger charge is 2.24. The number of para-hydroxylation sites is 1. The van der Waals surface area contributed by atoms with Gasteiger partial charge in [-0.25, -0.2) is 9.97 Å². The molecule has 1 aliphatic heterocycles. The first-order valence-electron chi connectivity index (χ1n) is 5.38. The monoisotopic (exact) mass is 228 g/mol. The first-order chi connectivity index (χ1) is 8.34. The van der Waals surface area contributed by atoms with Gasteiger partial charge in [-0.2, -0.15) is 0 Å². The molecule has 0 fully saturated rings. The fourth-order valence-electron chi connectivity index (χ4n) is 1.91. The summed E-state index contributed by atoms with van der Waals surface area (Å²) in [6, 6.07) is 8.03. The topological polar surface area (TPSA) is 73.1 Å². The SMILES string of the molecule is Nc1cncnc1NC1COc2ccccc21. The van der Waals surface area contributed by atoms with E-state index < -0.39 is 0 Å². The predicted molar refractivity (Wildman–Crippen MR) is 64.7 cm³/mol. The van der Waals surface area contributed by atoms with Crippen molar-refractivity contribution in [2.45, 2.75) is 6.04 Å². The van der Waals surface area contributed by atoms with Crippen LogP contribution in [0, 0.1) is 0 Å². The van der Waals surface area contributed by atoms with Crippen molar-refractivity contribution >= 4 is 11.5 Å². The molecule has 5 heteroatoms. The van der Waals surface area contributed by atoms with Gasteiger partial charge in [0.05, 0.1) is 17.9 Å². The highest BCUT2D eigenvalue weighted by atomic mass is 16.5. The molecule has 1 aliphatic rings. The second-order valence-electron chi connectivity index (χ2n) is 3.87. The molecule has 86 valence electrons. The van der Waals surface area contributed by atoms with Gasteiger partial charge in [0.1, 0.15) is 18.7 Å². The summed E-state index contributed by atoms with van der Waals surface area (Å²) in [5, 5.41) is 3.26. The Hall–Kier alpha value is -2.30. The molecule has 0 radical (unpaired) electrons. The van der Waals surface area contributed by atoms with Crippen LogP contribution < -0.4 is 15.8 Å². The van der Waals surface area contributed by atoms with Crippen LogP contribution in [0.25, 0.3) is 0 Å². The normalized spacial score (nSPS) is 17.3. The van der Waals surface area contributed by atoms with E-state index >= 15 is 0 Å². The third kappa shape index (κ3) is 1.75. The maximum absolute atomic E-state index is 5.79. The van der Waals surface area contributed by atoms with E-state index in [9.17, 15) is 0 Å². The van der Waals surface area contributed by atoms with E-state index in [0.717, 1.165) is 11.3 Å². The summed E-state index contributed by atoms with van der Waals surface area (Å²) in [7, 11) is 0. The molecule has 1 aromatic heterocycles. The molecule has 0 spiro atoms. The van der Waals surface area contributed by atoms with Crippen molar-refractivity contribution in [1.82, 2.24) is 9.97 Å². The van der Waals surface area contributed by atoms with Crippen molar-refractivity contribution in [3.05, 3.63) is 42.4 Å². The Morgan fingerprint density at radius 3 is 3.12 bits per heavy atom. The lowest BCUT2D eigenvalue weighted by Crippen LogP contribution is -2.14. The Morgan fingerprint density at radius 1 is 1.35 bits per heavy atom. The molecule has 3 rings (SSSR count). The van der Waals surface area contributed by atoms with Crippen molar-refractivity contribution in [1.29, 1.82) is 0 Å². The minimum atomic E-state index is 0.0865. The molecule has 0 amide bonds. The molecular weight excluding hydrogens is 216 g/mol. The van der Waals surface area contributed by atoms with Crippen LogP contribution in [0.5, 0.6) is 5.75 Å². The summed E-state index contributed by atoms with van der Waals surface area (Å²) in [5.41, 5.74) is 7.46. The highest BCUT2D eigenvalue weighted by Crippen LogP contribution is 2.34. The molecule has 0 aliphatic carbocycles. The summed E-state index contributed by atoms with van der Waals surface area (Å²) in [4.78, 5) is 7.97. The van der Waals surface area contributed by atoms with E-state index in [1.165, 1.54) is 6.33 Å². The lowest BCUT2D eigenvalue weighted by molar-refractivity contribution is 0.339. The summed E-state index contributed by atoms with van der Waals surface area (Å²) in [6.07, 6.45) is 3.05. The van der Waals surface area contributed by atoms with E-state index in [-0.39, 0.29) is 6.04 Å². The van der Waals surface area contributed by atoms with Gasteiger partial charge in [-0.15, -0.1) is 0 Å². The quantitative estimate of drug-likeness (QED) is 0.816.